The Bertz CT molecular complexity index is 870. The Hall–Kier alpha value is -2.48. The zero-order valence-electron chi connectivity index (χ0n) is 14.9. The van der Waals surface area contributed by atoms with Gasteiger partial charge in [0.15, 0.2) is 0 Å². The van der Waals surface area contributed by atoms with Gasteiger partial charge in [-0.25, -0.2) is 4.98 Å². The number of hydrogen-bond acceptors (Lipinski definition) is 7. The number of nitrogens with one attached hydrogen (secondary N) is 2. The van der Waals surface area contributed by atoms with Crippen molar-refractivity contribution < 1.29 is 4.42 Å². The van der Waals surface area contributed by atoms with E-state index in [9.17, 15) is 4.79 Å². The van der Waals surface area contributed by atoms with Crippen molar-refractivity contribution >= 4 is 5.57 Å². The van der Waals surface area contributed by atoms with Crippen LogP contribution in [0.5, 0.6) is 0 Å². The molecule has 0 spiro atoms. The van der Waals surface area contributed by atoms with Crippen LogP contribution in [-0.4, -0.2) is 33.3 Å². The van der Waals surface area contributed by atoms with Gasteiger partial charge in [0, 0.05) is 23.6 Å². The first-order valence-corrected chi connectivity index (χ1v) is 9.24. The second-order valence-electron chi connectivity index (χ2n) is 7.17. The number of hydrogen-bond donors (Lipinski definition) is 3. The predicted octanol–water partition coefficient (Wildman–Crippen LogP) is 1.63. The fourth-order valence-electron chi connectivity index (χ4n) is 3.53. The predicted molar refractivity (Wildman–Crippen MR) is 96.5 cm³/mol. The van der Waals surface area contributed by atoms with Gasteiger partial charge in [-0.3, -0.25) is 4.79 Å². The molecule has 2 aromatic rings. The first-order chi connectivity index (χ1) is 12.6. The molecule has 2 aliphatic rings. The molecule has 1 aliphatic carbocycles. The highest BCUT2D eigenvalue weighted by atomic mass is 16.4. The van der Waals surface area contributed by atoms with Crippen molar-refractivity contribution in [3.05, 3.63) is 45.4 Å². The lowest BCUT2D eigenvalue weighted by molar-refractivity contribution is 0.332. The minimum atomic E-state index is -0.194. The molecule has 1 aliphatic heterocycles. The van der Waals surface area contributed by atoms with E-state index in [0.29, 0.717) is 34.8 Å². The van der Waals surface area contributed by atoms with Crippen molar-refractivity contribution in [2.45, 2.75) is 50.9 Å². The molecule has 2 aromatic heterocycles. The third-order valence-corrected chi connectivity index (χ3v) is 5.26. The summed E-state index contributed by atoms with van der Waals surface area (Å²) >= 11 is 0. The third-order valence-electron chi connectivity index (χ3n) is 5.26. The number of rotatable bonds is 4. The van der Waals surface area contributed by atoms with Crippen molar-refractivity contribution in [2.75, 3.05) is 13.1 Å². The van der Waals surface area contributed by atoms with Crippen LogP contribution in [0, 0.1) is 0 Å². The summed E-state index contributed by atoms with van der Waals surface area (Å²) in [7, 11) is 0. The van der Waals surface area contributed by atoms with Gasteiger partial charge in [-0.2, -0.15) is 0 Å². The molecule has 8 heteroatoms. The summed E-state index contributed by atoms with van der Waals surface area (Å²) < 4.78 is 5.86. The zero-order valence-corrected chi connectivity index (χ0v) is 14.9. The van der Waals surface area contributed by atoms with E-state index in [1.54, 1.807) is 13.0 Å². The van der Waals surface area contributed by atoms with Crippen molar-refractivity contribution in [3.8, 4) is 0 Å². The standard InChI is InChI=1S/C18H24N6O2/c1-10(19)15(18-24-23-17(26-18)12-3-2-4-12)16-21-13(9-14(25)22-16)11-5-7-20-8-6-11/h9,11-12,20H,2-8,19H2,1H3,(H,21,22,25). The van der Waals surface area contributed by atoms with Crippen LogP contribution < -0.4 is 16.6 Å². The molecule has 3 heterocycles. The van der Waals surface area contributed by atoms with Crippen LogP contribution in [-0.2, 0) is 0 Å². The van der Waals surface area contributed by atoms with Gasteiger partial charge in [0.25, 0.3) is 11.4 Å². The first kappa shape index (κ1) is 17.0. The van der Waals surface area contributed by atoms with Gasteiger partial charge in [-0.15, -0.1) is 10.2 Å². The van der Waals surface area contributed by atoms with Gasteiger partial charge in [0.1, 0.15) is 5.82 Å². The van der Waals surface area contributed by atoms with Crippen LogP contribution in [0.4, 0.5) is 0 Å². The molecule has 0 amide bonds. The van der Waals surface area contributed by atoms with Gasteiger partial charge in [0.05, 0.1) is 11.3 Å². The summed E-state index contributed by atoms with van der Waals surface area (Å²) in [6.07, 6.45) is 5.26. The Balaban J connectivity index is 1.70. The largest absolute Gasteiger partial charge is 0.420 e. The maximum atomic E-state index is 12.2. The molecule has 0 bridgehead atoms. The molecule has 8 nitrogen and oxygen atoms in total. The number of H-pyrrole nitrogens is 1. The Labute approximate surface area is 151 Å². The molecule has 1 saturated heterocycles. The second kappa shape index (κ2) is 7.03. The Kier molecular flexibility index (Phi) is 4.58. The summed E-state index contributed by atoms with van der Waals surface area (Å²) in [6, 6.07) is 1.58. The van der Waals surface area contributed by atoms with E-state index in [2.05, 4.69) is 20.5 Å². The fraction of sp³-hybridized carbons (Fsp3) is 0.556. The Morgan fingerprint density at radius 3 is 2.62 bits per heavy atom. The average molecular weight is 356 g/mol. The van der Waals surface area contributed by atoms with Crippen molar-refractivity contribution in [2.24, 2.45) is 5.73 Å². The molecule has 26 heavy (non-hydrogen) atoms. The molecule has 1 saturated carbocycles. The number of nitrogens with two attached hydrogens (primary N) is 1. The molecule has 0 unspecified atom stereocenters. The topological polar surface area (TPSA) is 123 Å². The van der Waals surface area contributed by atoms with Crippen LogP contribution in [0.3, 0.4) is 0 Å². The summed E-state index contributed by atoms with van der Waals surface area (Å²) in [6.45, 7) is 3.61. The van der Waals surface area contributed by atoms with E-state index >= 15 is 0 Å². The van der Waals surface area contributed by atoms with Gasteiger partial charge in [-0.05, 0) is 45.7 Å². The quantitative estimate of drug-likeness (QED) is 0.760. The average Bonchev–Trinajstić information content (AvgIpc) is 3.02. The molecule has 0 atom stereocenters. The normalized spacial score (nSPS) is 19.9. The molecule has 4 N–H and O–H groups in total. The number of piperidine rings is 1. The van der Waals surface area contributed by atoms with Crippen LogP contribution in [0.25, 0.3) is 5.57 Å². The highest BCUT2D eigenvalue weighted by molar-refractivity contribution is 5.73. The van der Waals surface area contributed by atoms with E-state index in [0.717, 1.165) is 44.5 Å². The lowest BCUT2D eigenvalue weighted by Crippen LogP contribution is -2.28. The second-order valence-corrected chi connectivity index (χ2v) is 7.17. The highest BCUT2D eigenvalue weighted by Gasteiger charge is 2.27. The summed E-state index contributed by atoms with van der Waals surface area (Å²) in [5.74, 6) is 1.96. The van der Waals surface area contributed by atoms with Crippen molar-refractivity contribution in [1.82, 2.24) is 25.5 Å². The first-order valence-electron chi connectivity index (χ1n) is 9.24. The number of aromatic amines is 1. The van der Waals surface area contributed by atoms with Crippen molar-refractivity contribution in [1.29, 1.82) is 0 Å². The van der Waals surface area contributed by atoms with E-state index in [4.69, 9.17) is 15.1 Å². The van der Waals surface area contributed by atoms with Crippen LogP contribution >= 0.6 is 0 Å². The molecule has 4 rings (SSSR count). The molecular formula is C18H24N6O2. The molecular weight excluding hydrogens is 332 g/mol. The SMILES string of the molecule is CC(N)=C(c1nc(C2CCNCC2)cc(=O)[nH]1)c1nnc(C2CCC2)o1. The summed E-state index contributed by atoms with van der Waals surface area (Å²) in [4.78, 5) is 19.7. The van der Waals surface area contributed by atoms with Crippen LogP contribution in [0.2, 0.25) is 0 Å². The summed E-state index contributed by atoms with van der Waals surface area (Å²) in [5.41, 5.74) is 7.69. The highest BCUT2D eigenvalue weighted by Crippen LogP contribution is 2.36. The van der Waals surface area contributed by atoms with E-state index in [1.807, 2.05) is 0 Å². The van der Waals surface area contributed by atoms with Crippen molar-refractivity contribution in [3.63, 3.8) is 0 Å². The fourth-order valence-corrected chi connectivity index (χ4v) is 3.53. The Morgan fingerprint density at radius 2 is 1.96 bits per heavy atom. The lowest BCUT2D eigenvalue weighted by atomic mass is 9.85. The zero-order chi connectivity index (χ0) is 18.1. The van der Waals surface area contributed by atoms with Gasteiger partial charge < -0.3 is 20.5 Å². The van der Waals surface area contributed by atoms with Gasteiger partial charge in [0.2, 0.25) is 5.89 Å². The molecule has 0 aromatic carbocycles. The molecule has 138 valence electrons. The van der Waals surface area contributed by atoms with Crippen LogP contribution in [0.15, 0.2) is 21.0 Å². The molecule has 2 fully saturated rings. The number of allylic oxidation sites excluding steroid dienone is 1. The van der Waals surface area contributed by atoms with Crippen LogP contribution in [0.1, 0.15) is 74.2 Å². The van der Waals surface area contributed by atoms with Gasteiger partial charge >= 0.3 is 0 Å². The maximum Gasteiger partial charge on any atom is 0.253 e. The third kappa shape index (κ3) is 3.29. The van der Waals surface area contributed by atoms with Gasteiger partial charge in [-0.1, -0.05) is 6.42 Å². The Morgan fingerprint density at radius 1 is 1.19 bits per heavy atom. The minimum absolute atomic E-state index is 0.194. The smallest absolute Gasteiger partial charge is 0.253 e. The summed E-state index contributed by atoms with van der Waals surface area (Å²) in [5, 5.41) is 11.7. The lowest BCUT2D eigenvalue weighted by Gasteiger charge is -2.22. The number of aromatic nitrogens is 4. The van der Waals surface area contributed by atoms with E-state index in [1.165, 1.54) is 6.42 Å². The minimum Gasteiger partial charge on any atom is -0.420 e. The molecule has 0 radical (unpaired) electrons. The van der Waals surface area contributed by atoms with E-state index in [-0.39, 0.29) is 11.5 Å². The monoisotopic (exact) mass is 356 g/mol. The maximum absolute atomic E-state index is 12.2. The number of nitrogens with zero attached hydrogens (tertiary/aromatic N) is 3. The van der Waals surface area contributed by atoms with E-state index < -0.39 is 0 Å².